The first-order valence-corrected chi connectivity index (χ1v) is 8.17. The number of carbonyl (C=O) groups is 2. The smallest absolute Gasteiger partial charge is 0.394 e. The average molecular weight is 360 g/mol. The standard InChI is InChI=1S/C18H14ClNO5/c19-12-2-1-3-13-16(12)11(8-20(13)17(22)18(23)24)10-6-9-4-5-25-15(9)7-14(10)21/h1-3,6-7,11,21H,4-5,8H2,(H,23,24). The van der Waals surface area contributed by atoms with Crippen molar-refractivity contribution in [3.63, 3.8) is 0 Å². The van der Waals surface area contributed by atoms with Crippen LogP contribution in [-0.4, -0.2) is 35.2 Å². The zero-order valence-corrected chi connectivity index (χ0v) is 13.8. The zero-order chi connectivity index (χ0) is 17.7. The Balaban J connectivity index is 1.85. The lowest BCUT2D eigenvalue weighted by Crippen LogP contribution is -2.35. The first kappa shape index (κ1) is 15.8. The van der Waals surface area contributed by atoms with Gasteiger partial charge in [-0.2, -0.15) is 0 Å². The number of phenolic OH excluding ortho intramolecular Hbond substituents is 1. The predicted molar refractivity (Wildman–Crippen MR) is 90.6 cm³/mol. The van der Waals surface area contributed by atoms with Crippen molar-refractivity contribution in [1.82, 2.24) is 0 Å². The fourth-order valence-electron chi connectivity index (χ4n) is 3.55. The van der Waals surface area contributed by atoms with E-state index in [1.165, 1.54) is 4.90 Å². The molecule has 0 aromatic heterocycles. The molecule has 0 fully saturated rings. The third-order valence-electron chi connectivity index (χ3n) is 4.68. The SMILES string of the molecule is O=C(O)C(=O)N1CC(c2cc3c(cc2O)OCC3)c2c(Cl)cccc21. The minimum absolute atomic E-state index is 0.0427. The van der Waals surface area contributed by atoms with Gasteiger partial charge in [-0.25, -0.2) is 4.79 Å². The first-order valence-electron chi connectivity index (χ1n) is 7.79. The number of fused-ring (bicyclic) bond motifs is 2. The monoisotopic (exact) mass is 359 g/mol. The van der Waals surface area contributed by atoms with E-state index in [-0.39, 0.29) is 12.3 Å². The summed E-state index contributed by atoms with van der Waals surface area (Å²) in [5, 5.41) is 20.0. The molecule has 1 amide bonds. The maximum atomic E-state index is 12.1. The van der Waals surface area contributed by atoms with Crippen molar-refractivity contribution in [1.29, 1.82) is 0 Å². The highest BCUT2D eigenvalue weighted by atomic mass is 35.5. The summed E-state index contributed by atoms with van der Waals surface area (Å²) in [4.78, 5) is 24.4. The molecule has 2 N–H and O–H groups in total. The molecule has 2 aliphatic rings. The largest absolute Gasteiger partial charge is 0.508 e. The molecule has 0 spiro atoms. The number of aliphatic carboxylic acids is 1. The summed E-state index contributed by atoms with van der Waals surface area (Å²) in [5.74, 6) is -2.26. The number of carbonyl (C=O) groups excluding carboxylic acids is 1. The molecule has 1 unspecified atom stereocenters. The minimum Gasteiger partial charge on any atom is -0.508 e. The summed E-state index contributed by atoms with van der Waals surface area (Å²) in [5.41, 5.74) is 2.69. The Hall–Kier alpha value is -2.73. The van der Waals surface area contributed by atoms with Gasteiger partial charge in [-0.15, -0.1) is 0 Å². The molecule has 0 aliphatic carbocycles. The zero-order valence-electron chi connectivity index (χ0n) is 13.0. The van der Waals surface area contributed by atoms with Gasteiger partial charge in [0, 0.05) is 46.8 Å². The summed E-state index contributed by atoms with van der Waals surface area (Å²) < 4.78 is 5.45. The van der Waals surface area contributed by atoms with E-state index in [0.717, 1.165) is 12.0 Å². The molecule has 2 heterocycles. The number of nitrogens with zero attached hydrogens (tertiary/aromatic N) is 1. The second-order valence-electron chi connectivity index (χ2n) is 6.06. The topological polar surface area (TPSA) is 87.1 Å². The lowest BCUT2D eigenvalue weighted by atomic mass is 9.90. The van der Waals surface area contributed by atoms with E-state index in [9.17, 15) is 14.7 Å². The normalized spacial score (nSPS) is 17.8. The quantitative estimate of drug-likeness (QED) is 0.764. The van der Waals surface area contributed by atoms with Crippen molar-refractivity contribution in [2.45, 2.75) is 12.3 Å². The lowest BCUT2D eigenvalue weighted by Gasteiger charge is -2.16. The average Bonchev–Trinajstić information content (AvgIpc) is 3.17. The number of hydrogen-bond donors (Lipinski definition) is 2. The van der Waals surface area contributed by atoms with Crippen molar-refractivity contribution >= 4 is 29.2 Å². The van der Waals surface area contributed by atoms with Crippen LogP contribution in [0.4, 0.5) is 5.69 Å². The fraction of sp³-hybridized carbons (Fsp3) is 0.222. The number of hydrogen-bond acceptors (Lipinski definition) is 4. The van der Waals surface area contributed by atoms with E-state index in [4.69, 9.17) is 21.4 Å². The summed E-state index contributed by atoms with van der Waals surface area (Å²) in [6.45, 7) is 0.668. The number of halogens is 1. The molecule has 0 saturated heterocycles. The number of ether oxygens (including phenoxy) is 1. The van der Waals surface area contributed by atoms with E-state index in [2.05, 4.69) is 0 Å². The van der Waals surface area contributed by atoms with Gasteiger partial charge in [-0.05, 0) is 23.8 Å². The predicted octanol–water partition coefficient (Wildman–Crippen LogP) is 2.54. The van der Waals surface area contributed by atoms with Crippen LogP contribution in [0.2, 0.25) is 5.02 Å². The molecule has 6 nitrogen and oxygen atoms in total. The summed E-state index contributed by atoms with van der Waals surface area (Å²) >= 11 is 6.34. The van der Waals surface area contributed by atoms with Crippen LogP contribution in [-0.2, 0) is 16.0 Å². The van der Waals surface area contributed by atoms with Gasteiger partial charge in [0.15, 0.2) is 0 Å². The second-order valence-corrected chi connectivity index (χ2v) is 6.47. The number of amides is 1. The Bertz CT molecular complexity index is 911. The Morgan fingerprint density at radius 1 is 1.28 bits per heavy atom. The lowest BCUT2D eigenvalue weighted by molar-refractivity contribution is -0.148. The van der Waals surface area contributed by atoms with Crippen molar-refractivity contribution in [3.05, 3.63) is 52.0 Å². The van der Waals surface area contributed by atoms with Crippen LogP contribution in [0.15, 0.2) is 30.3 Å². The molecular weight excluding hydrogens is 346 g/mol. The van der Waals surface area contributed by atoms with E-state index in [1.54, 1.807) is 24.3 Å². The van der Waals surface area contributed by atoms with Crippen LogP contribution in [0.5, 0.6) is 11.5 Å². The highest BCUT2D eigenvalue weighted by Crippen LogP contribution is 2.47. The summed E-state index contributed by atoms with van der Waals surface area (Å²) in [6.07, 6.45) is 0.739. The molecule has 0 radical (unpaired) electrons. The molecule has 0 saturated carbocycles. The number of benzene rings is 2. The van der Waals surface area contributed by atoms with Gasteiger partial charge >= 0.3 is 11.9 Å². The molecule has 7 heteroatoms. The van der Waals surface area contributed by atoms with Crippen molar-refractivity contribution < 1.29 is 24.5 Å². The van der Waals surface area contributed by atoms with Gasteiger partial charge in [0.2, 0.25) is 0 Å². The highest BCUT2D eigenvalue weighted by molar-refractivity contribution is 6.38. The van der Waals surface area contributed by atoms with E-state index in [0.29, 0.717) is 34.2 Å². The summed E-state index contributed by atoms with van der Waals surface area (Å²) in [6, 6.07) is 8.44. The van der Waals surface area contributed by atoms with Gasteiger partial charge in [-0.1, -0.05) is 17.7 Å². The number of carboxylic acids is 1. The van der Waals surface area contributed by atoms with Crippen LogP contribution in [0.25, 0.3) is 0 Å². The summed E-state index contributed by atoms with van der Waals surface area (Å²) in [7, 11) is 0. The molecule has 2 aromatic carbocycles. The van der Waals surface area contributed by atoms with Crippen LogP contribution in [0.1, 0.15) is 22.6 Å². The van der Waals surface area contributed by atoms with E-state index >= 15 is 0 Å². The van der Waals surface area contributed by atoms with Crippen LogP contribution in [0, 0.1) is 0 Å². The van der Waals surface area contributed by atoms with Crippen molar-refractivity contribution in [2.24, 2.45) is 0 Å². The Morgan fingerprint density at radius 2 is 2.08 bits per heavy atom. The Morgan fingerprint density at radius 3 is 2.84 bits per heavy atom. The van der Waals surface area contributed by atoms with E-state index in [1.807, 2.05) is 6.07 Å². The Labute approximate surface area is 148 Å². The maximum absolute atomic E-state index is 12.1. The molecule has 25 heavy (non-hydrogen) atoms. The first-order chi connectivity index (χ1) is 12.0. The van der Waals surface area contributed by atoms with Crippen LogP contribution in [0.3, 0.4) is 0 Å². The maximum Gasteiger partial charge on any atom is 0.394 e. The van der Waals surface area contributed by atoms with E-state index < -0.39 is 17.8 Å². The molecule has 128 valence electrons. The minimum atomic E-state index is -1.53. The molecular formula is C18H14ClNO5. The van der Waals surface area contributed by atoms with Gasteiger partial charge in [0.25, 0.3) is 0 Å². The molecule has 4 rings (SSSR count). The third-order valence-corrected chi connectivity index (χ3v) is 5.01. The van der Waals surface area contributed by atoms with Crippen molar-refractivity contribution in [3.8, 4) is 11.5 Å². The second kappa shape index (κ2) is 5.67. The number of anilines is 1. The Kier molecular flexibility index (Phi) is 3.58. The molecule has 0 bridgehead atoms. The van der Waals surface area contributed by atoms with Crippen LogP contribution < -0.4 is 9.64 Å². The van der Waals surface area contributed by atoms with Crippen LogP contribution >= 0.6 is 11.6 Å². The highest BCUT2D eigenvalue weighted by Gasteiger charge is 2.38. The van der Waals surface area contributed by atoms with Gasteiger partial charge in [-0.3, -0.25) is 4.79 Å². The number of aromatic hydroxyl groups is 1. The number of phenols is 1. The number of rotatable bonds is 1. The van der Waals surface area contributed by atoms with Crippen molar-refractivity contribution in [2.75, 3.05) is 18.1 Å². The molecule has 2 aromatic rings. The third kappa shape index (κ3) is 2.41. The molecule has 2 aliphatic heterocycles. The number of carboxylic acid groups (broad SMARTS) is 1. The molecule has 1 atom stereocenters. The van der Waals surface area contributed by atoms with Gasteiger partial charge in [0.1, 0.15) is 11.5 Å². The van der Waals surface area contributed by atoms with Gasteiger partial charge < -0.3 is 19.8 Å². The fourth-order valence-corrected chi connectivity index (χ4v) is 3.85. The van der Waals surface area contributed by atoms with Gasteiger partial charge in [0.05, 0.1) is 6.61 Å².